The molecule has 0 bridgehead atoms. The molecule has 0 saturated carbocycles. The number of aldehydes is 1. The van der Waals surface area contributed by atoms with Gasteiger partial charge in [0, 0.05) is 24.3 Å². The maximum atomic E-state index is 11.0. The molecule has 0 amide bonds. The minimum absolute atomic E-state index is 0.203. The molecule has 0 spiro atoms. The molecule has 0 fully saturated rings. The fourth-order valence-corrected chi connectivity index (χ4v) is 2.22. The van der Waals surface area contributed by atoms with Crippen molar-refractivity contribution in [3.63, 3.8) is 0 Å². The Bertz CT molecular complexity index is 548. The van der Waals surface area contributed by atoms with Gasteiger partial charge in [-0.05, 0) is 25.1 Å². The molecule has 0 aliphatic heterocycles. The van der Waals surface area contributed by atoms with Crippen LogP contribution < -0.4 is 5.32 Å². The smallest absolute Gasteiger partial charge is 0.190 e. The summed E-state index contributed by atoms with van der Waals surface area (Å²) >= 11 is 0. The molecular weight excluding hydrogens is 240 g/mol. The summed E-state index contributed by atoms with van der Waals surface area (Å²) in [6, 6.07) is 7.66. The van der Waals surface area contributed by atoms with Crippen LogP contribution in [0.2, 0.25) is 0 Å². The van der Waals surface area contributed by atoms with Gasteiger partial charge in [-0.15, -0.1) is 0 Å². The zero-order valence-electron chi connectivity index (χ0n) is 11.4. The molecule has 1 atom stereocenters. The number of unbranched alkanes of at least 4 members (excludes halogenated alkanes) is 1. The lowest BCUT2D eigenvalue weighted by molar-refractivity contribution is 0.0186. The van der Waals surface area contributed by atoms with Crippen LogP contribution in [0.4, 0.5) is 0 Å². The summed E-state index contributed by atoms with van der Waals surface area (Å²) in [5, 5.41) is 4.31. The summed E-state index contributed by atoms with van der Waals surface area (Å²) in [6.07, 6.45) is 4.89. The third-order valence-corrected chi connectivity index (χ3v) is 3.25. The molecule has 19 heavy (non-hydrogen) atoms. The van der Waals surface area contributed by atoms with E-state index in [2.05, 4.69) is 12.2 Å². The SMILES string of the molecule is CCCCNC(OC)n1ccc2c(C=O)cccc21. The lowest BCUT2D eigenvalue weighted by atomic mass is 10.1. The maximum absolute atomic E-state index is 11.0. The van der Waals surface area contributed by atoms with E-state index >= 15 is 0 Å². The third-order valence-electron chi connectivity index (χ3n) is 3.25. The summed E-state index contributed by atoms with van der Waals surface area (Å²) in [5.74, 6) is 0. The van der Waals surface area contributed by atoms with Crippen LogP contribution in [-0.2, 0) is 4.74 Å². The Morgan fingerprint density at radius 3 is 2.95 bits per heavy atom. The fourth-order valence-electron chi connectivity index (χ4n) is 2.22. The largest absolute Gasteiger partial charge is 0.348 e. The molecule has 2 rings (SSSR count). The van der Waals surface area contributed by atoms with Gasteiger partial charge >= 0.3 is 0 Å². The van der Waals surface area contributed by atoms with Crippen LogP contribution in [0, 0.1) is 0 Å². The van der Waals surface area contributed by atoms with E-state index in [-0.39, 0.29) is 6.35 Å². The van der Waals surface area contributed by atoms with Gasteiger partial charge < -0.3 is 9.30 Å². The second-order valence-electron chi connectivity index (χ2n) is 4.52. The first-order valence-corrected chi connectivity index (χ1v) is 6.62. The summed E-state index contributed by atoms with van der Waals surface area (Å²) in [5.41, 5.74) is 1.71. The third kappa shape index (κ3) is 2.85. The number of benzene rings is 1. The Kier molecular flexibility index (Phi) is 4.71. The van der Waals surface area contributed by atoms with Gasteiger partial charge in [0.1, 0.15) is 0 Å². The fraction of sp³-hybridized carbons (Fsp3) is 0.400. The summed E-state index contributed by atoms with van der Waals surface area (Å²) < 4.78 is 7.50. The molecule has 1 N–H and O–H groups in total. The topological polar surface area (TPSA) is 43.3 Å². The van der Waals surface area contributed by atoms with Crippen LogP contribution in [0.25, 0.3) is 10.9 Å². The maximum Gasteiger partial charge on any atom is 0.190 e. The molecular formula is C15H20N2O2. The number of carbonyl (C=O) groups is 1. The van der Waals surface area contributed by atoms with E-state index in [1.54, 1.807) is 7.11 Å². The monoisotopic (exact) mass is 260 g/mol. The summed E-state index contributed by atoms with van der Waals surface area (Å²) in [6.45, 7) is 3.06. The molecule has 0 aliphatic rings. The summed E-state index contributed by atoms with van der Waals surface area (Å²) in [7, 11) is 1.68. The second-order valence-corrected chi connectivity index (χ2v) is 4.52. The quantitative estimate of drug-likeness (QED) is 0.473. The normalized spacial score (nSPS) is 12.7. The molecule has 0 aliphatic carbocycles. The number of rotatable bonds is 7. The Morgan fingerprint density at radius 2 is 2.26 bits per heavy atom. The molecule has 0 radical (unpaired) electrons. The van der Waals surface area contributed by atoms with Gasteiger partial charge in [0.2, 0.25) is 0 Å². The van der Waals surface area contributed by atoms with E-state index in [0.29, 0.717) is 5.56 Å². The van der Waals surface area contributed by atoms with Crippen molar-refractivity contribution < 1.29 is 9.53 Å². The lowest BCUT2D eigenvalue weighted by Gasteiger charge is -2.20. The molecule has 1 heterocycles. The van der Waals surface area contributed by atoms with Crippen molar-refractivity contribution in [2.75, 3.05) is 13.7 Å². The van der Waals surface area contributed by atoms with Crippen molar-refractivity contribution in [3.8, 4) is 0 Å². The van der Waals surface area contributed by atoms with Crippen molar-refractivity contribution in [3.05, 3.63) is 36.0 Å². The molecule has 0 saturated heterocycles. The van der Waals surface area contributed by atoms with Crippen molar-refractivity contribution in [1.82, 2.24) is 9.88 Å². The first kappa shape index (κ1) is 13.8. The van der Waals surface area contributed by atoms with Crippen molar-refractivity contribution in [2.45, 2.75) is 26.1 Å². The highest BCUT2D eigenvalue weighted by atomic mass is 16.5. The Hall–Kier alpha value is -1.65. The van der Waals surface area contributed by atoms with Gasteiger partial charge in [0.05, 0.1) is 5.52 Å². The number of carbonyl (C=O) groups excluding carboxylic acids is 1. The Balaban J connectivity index is 2.30. The highest BCUT2D eigenvalue weighted by Gasteiger charge is 2.12. The highest BCUT2D eigenvalue weighted by Crippen LogP contribution is 2.22. The first-order valence-electron chi connectivity index (χ1n) is 6.62. The standard InChI is InChI=1S/C15H20N2O2/c1-3-4-9-16-15(19-2)17-10-8-13-12(11-18)6-5-7-14(13)17/h5-8,10-11,15-16H,3-4,9H2,1-2H3. The highest BCUT2D eigenvalue weighted by molar-refractivity contribution is 5.97. The average Bonchev–Trinajstić information content (AvgIpc) is 2.87. The van der Waals surface area contributed by atoms with Crippen LogP contribution in [0.3, 0.4) is 0 Å². The lowest BCUT2D eigenvalue weighted by Crippen LogP contribution is -2.28. The van der Waals surface area contributed by atoms with Gasteiger partial charge in [-0.1, -0.05) is 25.5 Å². The number of hydrogen-bond acceptors (Lipinski definition) is 3. The number of methoxy groups -OCH3 is 1. The number of nitrogens with zero attached hydrogens (tertiary/aromatic N) is 1. The van der Waals surface area contributed by atoms with Crippen LogP contribution in [-0.4, -0.2) is 24.5 Å². The average molecular weight is 260 g/mol. The van der Waals surface area contributed by atoms with E-state index in [9.17, 15) is 4.79 Å². The number of hydrogen-bond donors (Lipinski definition) is 1. The zero-order chi connectivity index (χ0) is 13.7. The van der Waals surface area contributed by atoms with Gasteiger partial charge in [-0.25, -0.2) is 0 Å². The van der Waals surface area contributed by atoms with E-state index in [1.165, 1.54) is 0 Å². The molecule has 2 aromatic rings. The molecule has 1 aromatic heterocycles. The molecule has 4 heteroatoms. The second kappa shape index (κ2) is 6.50. The van der Waals surface area contributed by atoms with Crippen molar-refractivity contribution in [2.24, 2.45) is 0 Å². The van der Waals surface area contributed by atoms with E-state index in [1.807, 2.05) is 35.0 Å². The van der Waals surface area contributed by atoms with E-state index in [0.717, 1.165) is 36.6 Å². The molecule has 1 unspecified atom stereocenters. The van der Waals surface area contributed by atoms with Gasteiger partial charge in [-0.3, -0.25) is 10.1 Å². The predicted octanol–water partition coefficient (Wildman–Crippen LogP) is 2.95. The number of fused-ring (bicyclic) bond motifs is 1. The Morgan fingerprint density at radius 1 is 1.42 bits per heavy atom. The zero-order valence-corrected chi connectivity index (χ0v) is 11.4. The van der Waals surface area contributed by atoms with Gasteiger partial charge in [-0.2, -0.15) is 0 Å². The molecule has 102 valence electrons. The van der Waals surface area contributed by atoms with Crippen LogP contribution in [0.5, 0.6) is 0 Å². The number of ether oxygens (including phenoxy) is 1. The molecule has 1 aromatic carbocycles. The first-order chi connectivity index (χ1) is 9.31. The predicted molar refractivity (Wildman–Crippen MR) is 76.3 cm³/mol. The van der Waals surface area contributed by atoms with Crippen molar-refractivity contribution >= 4 is 17.2 Å². The number of aromatic nitrogens is 1. The summed E-state index contributed by atoms with van der Waals surface area (Å²) in [4.78, 5) is 11.0. The van der Waals surface area contributed by atoms with Crippen LogP contribution >= 0.6 is 0 Å². The Labute approximate surface area is 113 Å². The van der Waals surface area contributed by atoms with Crippen LogP contribution in [0.15, 0.2) is 30.5 Å². The minimum atomic E-state index is -0.203. The van der Waals surface area contributed by atoms with E-state index in [4.69, 9.17) is 4.74 Å². The minimum Gasteiger partial charge on any atom is -0.348 e. The number of nitrogens with one attached hydrogen (secondary N) is 1. The molecule has 4 nitrogen and oxygen atoms in total. The van der Waals surface area contributed by atoms with E-state index < -0.39 is 0 Å². The van der Waals surface area contributed by atoms with Crippen LogP contribution in [0.1, 0.15) is 36.5 Å². The van der Waals surface area contributed by atoms with Gasteiger partial charge in [0.15, 0.2) is 12.6 Å². The van der Waals surface area contributed by atoms with Gasteiger partial charge in [0.25, 0.3) is 0 Å². The van der Waals surface area contributed by atoms with Crippen molar-refractivity contribution in [1.29, 1.82) is 0 Å².